The number of aliphatic hydroxyl groups is 1. The van der Waals surface area contributed by atoms with Crippen LogP contribution in [0.4, 0.5) is 0 Å². The van der Waals surface area contributed by atoms with Crippen LogP contribution in [-0.4, -0.2) is 70.4 Å². The number of fused-ring (bicyclic) bond motifs is 1. The Bertz CT molecular complexity index is 1410. The fraction of sp³-hybridized carbons (Fsp3) is 0.321. The van der Waals surface area contributed by atoms with Gasteiger partial charge in [0.15, 0.2) is 0 Å². The van der Waals surface area contributed by atoms with Gasteiger partial charge < -0.3 is 31.4 Å². The molecule has 2 aromatic carbocycles. The number of rotatable bonds is 12. The van der Waals surface area contributed by atoms with Crippen LogP contribution in [0.2, 0.25) is 0 Å². The number of nitrogens with two attached hydrogens (primary N) is 1. The van der Waals surface area contributed by atoms with Crippen molar-refractivity contribution in [2.45, 2.75) is 49.9 Å². The molecule has 1 aliphatic heterocycles. The summed E-state index contributed by atoms with van der Waals surface area (Å²) in [6.45, 7) is -0.720. The van der Waals surface area contributed by atoms with Crippen LogP contribution >= 0.6 is 0 Å². The Morgan fingerprint density at radius 1 is 0.878 bits per heavy atom. The second-order valence-corrected chi connectivity index (χ2v) is 9.79. The molecule has 0 saturated carbocycles. The Morgan fingerprint density at radius 2 is 1.54 bits per heavy atom. The fourth-order valence-electron chi connectivity index (χ4n) is 4.71. The number of benzene rings is 2. The van der Waals surface area contributed by atoms with Crippen LogP contribution in [0.25, 0.3) is 10.9 Å². The van der Waals surface area contributed by atoms with E-state index in [0.717, 1.165) is 22.0 Å². The summed E-state index contributed by atoms with van der Waals surface area (Å²) < 4.78 is 0. The minimum Gasteiger partial charge on any atom is -0.394 e. The maximum absolute atomic E-state index is 13.7. The number of hydrazine groups is 1. The molecule has 41 heavy (non-hydrogen) atoms. The maximum Gasteiger partial charge on any atom is 0.258 e. The Labute approximate surface area is 235 Å². The minimum atomic E-state index is -1.35. The highest BCUT2D eigenvalue weighted by atomic mass is 16.3. The van der Waals surface area contributed by atoms with Gasteiger partial charge in [-0.2, -0.15) is 0 Å². The maximum atomic E-state index is 13.7. The van der Waals surface area contributed by atoms with Gasteiger partial charge in [-0.25, -0.2) is 5.84 Å². The lowest BCUT2D eigenvalue weighted by Crippen LogP contribution is -2.59. The van der Waals surface area contributed by atoms with Crippen LogP contribution in [0, 0.1) is 0 Å². The van der Waals surface area contributed by atoms with Crippen molar-refractivity contribution in [1.29, 1.82) is 0 Å². The van der Waals surface area contributed by atoms with Crippen LogP contribution in [0.15, 0.2) is 60.8 Å². The molecule has 0 bridgehead atoms. The third kappa shape index (κ3) is 7.47. The summed E-state index contributed by atoms with van der Waals surface area (Å²) >= 11 is 0. The number of aromatic amines is 1. The highest BCUT2D eigenvalue weighted by molar-refractivity contribution is 5.97. The summed E-state index contributed by atoms with van der Waals surface area (Å²) in [7, 11) is 0. The molecule has 3 aromatic rings. The minimum absolute atomic E-state index is 0.0364. The number of hydrogen-bond acceptors (Lipinski definition) is 7. The molecule has 4 rings (SSSR count). The first-order valence-corrected chi connectivity index (χ1v) is 13.2. The average Bonchev–Trinajstić information content (AvgIpc) is 3.61. The highest BCUT2D eigenvalue weighted by Gasteiger charge is 2.33. The molecule has 9 N–H and O–H groups in total. The van der Waals surface area contributed by atoms with Gasteiger partial charge in [-0.1, -0.05) is 48.5 Å². The first-order chi connectivity index (χ1) is 19.8. The average molecular weight is 564 g/mol. The molecular weight excluding hydrogens is 530 g/mol. The van der Waals surface area contributed by atoms with Crippen molar-refractivity contribution < 1.29 is 29.1 Å². The van der Waals surface area contributed by atoms with Gasteiger partial charge in [-0.15, -0.1) is 0 Å². The van der Waals surface area contributed by atoms with Crippen LogP contribution in [0.5, 0.6) is 0 Å². The van der Waals surface area contributed by atoms with E-state index in [1.807, 2.05) is 35.8 Å². The molecule has 0 aliphatic carbocycles. The number of amides is 5. The molecule has 1 aliphatic rings. The van der Waals surface area contributed by atoms with Crippen molar-refractivity contribution in [3.05, 3.63) is 71.9 Å². The Kier molecular flexibility index (Phi) is 9.66. The van der Waals surface area contributed by atoms with E-state index >= 15 is 0 Å². The van der Waals surface area contributed by atoms with Gasteiger partial charge in [0.1, 0.15) is 24.2 Å². The zero-order chi connectivity index (χ0) is 29.4. The first kappa shape index (κ1) is 29.2. The summed E-state index contributed by atoms with van der Waals surface area (Å²) in [5.74, 6) is 2.22. The monoisotopic (exact) mass is 563 g/mol. The van der Waals surface area contributed by atoms with E-state index in [1.54, 1.807) is 30.5 Å². The molecule has 5 amide bonds. The topological polar surface area (TPSA) is 208 Å². The van der Waals surface area contributed by atoms with Crippen molar-refractivity contribution in [2.75, 3.05) is 6.61 Å². The Balaban J connectivity index is 1.58. The van der Waals surface area contributed by atoms with E-state index in [-0.39, 0.29) is 25.2 Å². The molecule has 0 unspecified atom stereocenters. The van der Waals surface area contributed by atoms with Gasteiger partial charge in [-0.3, -0.25) is 29.4 Å². The van der Waals surface area contributed by atoms with E-state index in [9.17, 15) is 29.1 Å². The highest BCUT2D eigenvalue weighted by Crippen LogP contribution is 2.19. The summed E-state index contributed by atoms with van der Waals surface area (Å²) in [6.07, 6.45) is 2.40. The van der Waals surface area contributed by atoms with E-state index in [2.05, 4.69) is 26.3 Å². The molecule has 4 atom stereocenters. The summed E-state index contributed by atoms with van der Waals surface area (Å²) in [6, 6.07) is 12.1. The molecule has 1 fully saturated rings. The first-order valence-electron chi connectivity index (χ1n) is 13.2. The predicted octanol–water partition coefficient (Wildman–Crippen LogP) is -1.33. The molecule has 2 heterocycles. The molecule has 216 valence electrons. The number of para-hydroxylation sites is 1. The van der Waals surface area contributed by atoms with Gasteiger partial charge in [0.05, 0.1) is 6.61 Å². The lowest BCUT2D eigenvalue weighted by molar-refractivity contribution is -0.134. The molecule has 13 nitrogen and oxygen atoms in total. The zero-order valence-corrected chi connectivity index (χ0v) is 22.2. The normalized spacial score (nSPS) is 16.7. The largest absolute Gasteiger partial charge is 0.394 e. The third-order valence-electron chi connectivity index (χ3n) is 6.92. The van der Waals surface area contributed by atoms with Crippen LogP contribution < -0.4 is 32.5 Å². The number of hydrogen-bond donors (Lipinski definition) is 8. The molecule has 0 spiro atoms. The number of nitrogens with one attached hydrogen (secondary N) is 6. The van der Waals surface area contributed by atoms with Crippen molar-refractivity contribution in [3.63, 3.8) is 0 Å². The predicted molar refractivity (Wildman–Crippen MR) is 149 cm³/mol. The van der Waals surface area contributed by atoms with Gasteiger partial charge in [0.2, 0.25) is 23.6 Å². The van der Waals surface area contributed by atoms with Crippen molar-refractivity contribution >= 4 is 40.4 Å². The summed E-state index contributed by atoms with van der Waals surface area (Å²) in [5.41, 5.74) is 4.20. The van der Waals surface area contributed by atoms with Gasteiger partial charge >= 0.3 is 0 Å². The third-order valence-corrected chi connectivity index (χ3v) is 6.92. The zero-order valence-electron chi connectivity index (χ0n) is 22.2. The second kappa shape index (κ2) is 13.5. The standard InChI is InChI=1S/C28H33N7O6/c29-35-28(41)23(15-36)34-27(40)22(13-17-14-30-19-9-5-4-8-18(17)19)33-26(39)21(12-16-6-2-1-3-7-16)32-25(38)20-10-11-24(37)31-20/h1-9,14,20-23,30,36H,10-13,15,29H2,(H,31,37)(H,32,38)(H,33,39)(H,34,40)(H,35,41)/t20-,21+,22-,23-/m0/s1. The van der Waals surface area contributed by atoms with Crippen LogP contribution in [0.1, 0.15) is 24.0 Å². The van der Waals surface area contributed by atoms with Crippen LogP contribution in [0.3, 0.4) is 0 Å². The summed E-state index contributed by atoms with van der Waals surface area (Å²) in [5, 5.41) is 20.9. The number of aromatic nitrogens is 1. The van der Waals surface area contributed by atoms with Gasteiger partial charge in [0, 0.05) is 36.4 Å². The van der Waals surface area contributed by atoms with E-state index in [0.29, 0.717) is 6.42 Å². The van der Waals surface area contributed by atoms with Gasteiger partial charge in [-0.05, 0) is 23.6 Å². The van der Waals surface area contributed by atoms with Crippen molar-refractivity contribution in [3.8, 4) is 0 Å². The number of H-pyrrole nitrogens is 1. The molecule has 1 saturated heterocycles. The number of carbonyl (C=O) groups excluding carboxylic acids is 5. The second-order valence-electron chi connectivity index (χ2n) is 9.79. The van der Waals surface area contributed by atoms with E-state index in [4.69, 9.17) is 5.84 Å². The Hall–Kier alpha value is -4.75. The molecule has 13 heteroatoms. The molecule has 0 radical (unpaired) electrons. The number of carbonyl (C=O) groups is 5. The lowest BCUT2D eigenvalue weighted by atomic mass is 10.0. The smallest absolute Gasteiger partial charge is 0.258 e. The number of aliphatic hydroxyl groups excluding tert-OH is 1. The van der Waals surface area contributed by atoms with Crippen LogP contribution in [-0.2, 0) is 36.8 Å². The Morgan fingerprint density at radius 3 is 2.20 bits per heavy atom. The quantitative estimate of drug-likeness (QED) is 0.0756. The lowest BCUT2D eigenvalue weighted by Gasteiger charge is -2.25. The molecular formula is C28H33N7O6. The van der Waals surface area contributed by atoms with E-state index < -0.39 is 54.4 Å². The fourth-order valence-corrected chi connectivity index (χ4v) is 4.71. The van der Waals surface area contributed by atoms with E-state index in [1.165, 1.54) is 0 Å². The molecule has 1 aromatic heterocycles. The van der Waals surface area contributed by atoms with Crippen molar-refractivity contribution in [1.82, 2.24) is 31.7 Å². The van der Waals surface area contributed by atoms with Crippen molar-refractivity contribution in [2.24, 2.45) is 5.84 Å². The SMILES string of the molecule is NNC(=O)[C@H](CO)NC(=O)[C@H](Cc1c[nH]c2ccccc12)NC(=O)[C@@H](Cc1ccccc1)NC(=O)[C@@H]1CCC(=O)N1. The van der Waals surface area contributed by atoms with Gasteiger partial charge in [0.25, 0.3) is 5.91 Å². The summed E-state index contributed by atoms with van der Waals surface area (Å²) in [4.78, 5) is 66.8.